The number of benzene rings is 1. The van der Waals surface area contributed by atoms with E-state index in [9.17, 15) is 4.79 Å². The number of oxime groups is 1. The van der Waals surface area contributed by atoms with Gasteiger partial charge in [0.25, 0.3) is 0 Å². The van der Waals surface area contributed by atoms with Gasteiger partial charge in [-0.3, -0.25) is 4.79 Å². The summed E-state index contributed by atoms with van der Waals surface area (Å²) in [6.45, 7) is 8.40. The van der Waals surface area contributed by atoms with Crippen LogP contribution in [0.25, 0.3) is 0 Å². The quantitative estimate of drug-likeness (QED) is 0.241. The smallest absolute Gasteiger partial charge is 0.311 e. The van der Waals surface area contributed by atoms with E-state index in [1.165, 1.54) is 7.11 Å². The van der Waals surface area contributed by atoms with Crippen LogP contribution < -0.4 is 0 Å². The summed E-state index contributed by atoms with van der Waals surface area (Å²) in [4.78, 5) is 18.2. The maximum absolute atomic E-state index is 12.9. The van der Waals surface area contributed by atoms with Crippen LogP contribution in [0.2, 0.25) is 10.0 Å². The molecule has 3 rings (SSSR count). The van der Waals surface area contributed by atoms with E-state index in [0.29, 0.717) is 22.2 Å². The third-order valence-corrected chi connectivity index (χ3v) is 7.74. The Balaban J connectivity index is 2.29. The average molecular weight is 450 g/mol. The first kappa shape index (κ1) is 23.0. The van der Waals surface area contributed by atoms with Crippen LogP contribution in [-0.2, 0) is 19.8 Å². The Labute approximate surface area is 189 Å². The molecule has 0 amide bonds. The zero-order valence-electron chi connectivity index (χ0n) is 18.3. The highest BCUT2D eigenvalue weighted by atomic mass is 35.5. The van der Waals surface area contributed by atoms with Gasteiger partial charge in [-0.15, -0.1) is 6.42 Å². The fourth-order valence-electron chi connectivity index (χ4n) is 5.55. The van der Waals surface area contributed by atoms with E-state index in [0.717, 1.165) is 36.0 Å². The largest absolute Gasteiger partial charge is 0.469 e. The Hall–Kier alpha value is -1.70. The van der Waals surface area contributed by atoms with Crippen molar-refractivity contribution in [1.29, 1.82) is 0 Å². The summed E-state index contributed by atoms with van der Waals surface area (Å²) >= 11 is 13.7. The number of carbonyl (C=O) groups is 1. The molecule has 2 aliphatic rings. The minimum Gasteiger partial charge on any atom is -0.469 e. The molecule has 4 nitrogen and oxygen atoms in total. The molecule has 1 aromatic carbocycles. The number of rotatable bonds is 4. The van der Waals surface area contributed by atoms with Crippen LogP contribution in [0.5, 0.6) is 0 Å². The van der Waals surface area contributed by atoms with Crippen LogP contribution in [-0.4, -0.2) is 25.4 Å². The molecule has 0 N–H and O–H groups in total. The van der Waals surface area contributed by atoms with Gasteiger partial charge >= 0.3 is 5.97 Å². The normalized spacial score (nSPS) is 29.2. The van der Waals surface area contributed by atoms with Crippen molar-refractivity contribution in [3.63, 3.8) is 0 Å². The number of terminal acetylenes is 1. The molecule has 30 heavy (non-hydrogen) atoms. The highest BCUT2D eigenvalue weighted by Crippen LogP contribution is 2.59. The van der Waals surface area contributed by atoms with Crippen LogP contribution in [0.15, 0.2) is 11.2 Å². The van der Waals surface area contributed by atoms with E-state index >= 15 is 0 Å². The van der Waals surface area contributed by atoms with Gasteiger partial charge in [0.05, 0.1) is 23.3 Å². The molecule has 3 atom stereocenters. The summed E-state index contributed by atoms with van der Waals surface area (Å²) in [5, 5.41) is 5.63. The van der Waals surface area contributed by atoms with Crippen molar-refractivity contribution in [3.05, 3.63) is 32.8 Å². The van der Waals surface area contributed by atoms with Crippen molar-refractivity contribution >= 4 is 34.9 Å². The molecule has 0 aliphatic heterocycles. The molecule has 0 heterocycles. The molecular formula is C24H29Cl2NO3. The molecule has 1 saturated carbocycles. The highest BCUT2D eigenvalue weighted by molar-refractivity contribution is 6.39. The number of hydrogen-bond acceptors (Lipinski definition) is 4. The second kappa shape index (κ2) is 8.44. The third kappa shape index (κ3) is 3.51. The van der Waals surface area contributed by atoms with Gasteiger partial charge in [0, 0.05) is 10.6 Å². The van der Waals surface area contributed by atoms with Crippen LogP contribution in [0.1, 0.15) is 76.0 Å². The fraction of sp³-hybridized carbons (Fsp3) is 0.583. The molecule has 1 fully saturated rings. The number of nitrogens with zero attached hydrogens (tertiary/aromatic N) is 1. The minimum absolute atomic E-state index is 0.0241. The van der Waals surface area contributed by atoms with Crippen LogP contribution in [0.3, 0.4) is 0 Å². The number of carbonyl (C=O) groups excluding carboxylic acids is 1. The first-order valence-electron chi connectivity index (χ1n) is 10.3. The Morgan fingerprint density at radius 1 is 1.37 bits per heavy atom. The lowest BCUT2D eigenvalue weighted by Gasteiger charge is -2.54. The monoisotopic (exact) mass is 449 g/mol. The van der Waals surface area contributed by atoms with E-state index in [4.69, 9.17) is 39.2 Å². The maximum atomic E-state index is 12.9. The number of hydrogen-bond donors (Lipinski definition) is 0. The van der Waals surface area contributed by atoms with Gasteiger partial charge in [-0.25, -0.2) is 0 Å². The molecule has 2 aliphatic carbocycles. The van der Waals surface area contributed by atoms with Gasteiger partial charge in [-0.1, -0.05) is 61.5 Å². The fourth-order valence-corrected chi connectivity index (χ4v) is 6.55. The number of halogens is 2. The van der Waals surface area contributed by atoms with E-state index in [1.54, 1.807) is 0 Å². The molecule has 0 spiro atoms. The summed E-state index contributed by atoms with van der Waals surface area (Å²) in [5.74, 6) is 2.37. The number of esters is 1. The lowest BCUT2D eigenvalue weighted by molar-refractivity contribution is -0.160. The first-order chi connectivity index (χ1) is 14.1. The maximum Gasteiger partial charge on any atom is 0.311 e. The molecule has 0 bridgehead atoms. The van der Waals surface area contributed by atoms with Crippen molar-refractivity contribution in [3.8, 4) is 12.3 Å². The molecule has 6 heteroatoms. The zero-order valence-corrected chi connectivity index (χ0v) is 19.8. The van der Waals surface area contributed by atoms with Crippen LogP contribution in [0.4, 0.5) is 0 Å². The standard InChI is InChI=1S/C24H29Cl2NO3/c1-7-11-30-27-17-13-18-23(4,9-8-10-24(18,5)22(28)29-6)15-12-16(25)19(14(2)3)21(26)20(15)17/h1,12,14,18H,8-11,13H2,2-6H3/b27-17+/t18-,23-,24-/m1/s1. The molecule has 0 saturated heterocycles. The lowest BCUT2D eigenvalue weighted by atomic mass is 9.49. The van der Waals surface area contributed by atoms with Gasteiger partial charge < -0.3 is 9.57 Å². The third-order valence-electron chi connectivity index (χ3n) is 7.04. The van der Waals surface area contributed by atoms with Crippen molar-refractivity contribution in [1.82, 2.24) is 0 Å². The Morgan fingerprint density at radius 2 is 2.07 bits per heavy atom. The first-order valence-corrected chi connectivity index (χ1v) is 11.1. The Kier molecular flexibility index (Phi) is 6.46. The summed E-state index contributed by atoms with van der Waals surface area (Å²) in [7, 11) is 1.45. The number of fused-ring (bicyclic) bond motifs is 3. The molecule has 0 radical (unpaired) electrons. The molecule has 1 aromatic rings. The van der Waals surface area contributed by atoms with Crippen molar-refractivity contribution in [2.45, 2.75) is 64.7 Å². The van der Waals surface area contributed by atoms with E-state index in [-0.39, 0.29) is 29.8 Å². The SMILES string of the molecule is C#CCO/N=C1\C[C@H]2[C@](C)(C(=O)OC)CCC[C@]2(C)c2cc(Cl)c(C(C)C)c(Cl)c21. The number of methoxy groups -OCH3 is 1. The van der Waals surface area contributed by atoms with Gasteiger partial charge in [0.2, 0.25) is 0 Å². The lowest BCUT2D eigenvalue weighted by Crippen LogP contribution is -2.54. The van der Waals surface area contributed by atoms with Crippen LogP contribution in [0, 0.1) is 23.7 Å². The molecule has 0 unspecified atom stereocenters. The van der Waals surface area contributed by atoms with E-state index < -0.39 is 5.41 Å². The summed E-state index contributed by atoms with van der Waals surface area (Å²) in [6, 6.07) is 2.02. The van der Waals surface area contributed by atoms with Crippen molar-refractivity contribution in [2.24, 2.45) is 16.5 Å². The van der Waals surface area contributed by atoms with Gasteiger partial charge in [-0.05, 0) is 60.6 Å². The Bertz CT molecular complexity index is 933. The zero-order chi connectivity index (χ0) is 22.3. The number of ether oxygens (including phenoxy) is 1. The minimum atomic E-state index is -0.637. The van der Waals surface area contributed by atoms with Gasteiger partial charge in [-0.2, -0.15) is 0 Å². The summed E-state index contributed by atoms with van der Waals surface area (Å²) in [6.07, 6.45) is 8.50. The predicted molar refractivity (Wildman–Crippen MR) is 121 cm³/mol. The second-order valence-corrected chi connectivity index (χ2v) is 9.90. The molecule has 162 valence electrons. The van der Waals surface area contributed by atoms with E-state index in [2.05, 4.69) is 31.8 Å². The van der Waals surface area contributed by atoms with Gasteiger partial charge in [0.15, 0.2) is 6.61 Å². The van der Waals surface area contributed by atoms with Crippen LogP contribution >= 0.6 is 23.2 Å². The second-order valence-electron chi connectivity index (χ2n) is 9.12. The molecular weight excluding hydrogens is 421 g/mol. The Morgan fingerprint density at radius 3 is 2.67 bits per heavy atom. The topological polar surface area (TPSA) is 47.9 Å². The summed E-state index contributed by atoms with van der Waals surface area (Å²) < 4.78 is 5.22. The summed E-state index contributed by atoms with van der Waals surface area (Å²) in [5.41, 5.74) is 2.58. The van der Waals surface area contributed by atoms with Gasteiger partial charge in [0.1, 0.15) is 0 Å². The average Bonchev–Trinajstić information content (AvgIpc) is 2.68. The van der Waals surface area contributed by atoms with Crippen molar-refractivity contribution < 1.29 is 14.4 Å². The van der Waals surface area contributed by atoms with E-state index in [1.807, 2.05) is 13.0 Å². The highest BCUT2D eigenvalue weighted by Gasteiger charge is 2.57. The molecule has 0 aromatic heterocycles. The predicted octanol–water partition coefficient (Wildman–Crippen LogP) is 6.11. The van der Waals surface area contributed by atoms with Crippen molar-refractivity contribution in [2.75, 3.05) is 13.7 Å².